The van der Waals surface area contributed by atoms with Gasteiger partial charge in [0.05, 0.1) is 9.79 Å². The smallest absolute Gasteiger partial charge is 0.247 e. The first-order chi connectivity index (χ1) is 10.5. The van der Waals surface area contributed by atoms with Gasteiger partial charge in [0.15, 0.2) is 0 Å². The van der Waals surface area contributed by atoms with Gasteiger partial charge in [-0.25, -0.2) is 16.8 Å². The zero-order chi connectivity index (χ0) is 17.4. The minimum absolute atomic E-state index is 0.00166. The lowest BCUT2D eigenvalue weighted by molar-refractivity contribution is -0.111. The maximum Gasteiger partial charge on any atom is 0.247 e. The summed E-state index contributed by atoms with van der Waals surface area (Å²) >= 11 is 0. The van der Waals surface area contributed by atoms with E-state index in [4.69, 9.17) is 0 Å². The summed E-state index contributed by atoms with van der Waals surface area (Å²) in [4.78, 5) is 9.57. The van der Waals surface area contributed by atoms with Crippen LogP contribution in [0.1, 0.15) is 0 Å². The van der Waals surface area contributed by atoms with Gasteiger partial charge in [0, 0.05) is 5.69 Å². The molecule has 0 saturated carbocycles. The second kappa shape index (κ2) is 5.74. The first kappa shape index (κ1) is 17.1. The Labute approximate surface area is 131 Å². The molecule has 0 aromatic heterocycles. The lowest BCUT2D eigenvalue weighted by Gasteiger charge is -2.15. The molecule has 0 radical (unpaired) electrons. The summed E-state index contributed by atoms with van der Waals surface area (Å²) in [5.41, 5.74) is 0.206. The van der Waals surface area contributed by atoms with Crippen LogP contribution in [0.4, 0.5) is 5.69 Å². The number of hydrogen-bond donors (Lipinski definition) is 1. The predicted octanol–water partition coefficient (Wildman–Crippen LogP) is 0.773. The number of amides is 1. The Bertz CT molecular complexity index is 1020. The molecule has 0 atom stereocenters. The van der Waals surface area contributed by atoms with Crippen molar-refractivity contribution in [3.05, 3.63) is 43.0 Å². The van der Waals surface area contributed by atoms with E-state index < -0.39 is 35.9 Å². The molecular formula is C13H9NO7S2-2. The fraction of sp³-hybridized carbons (Fsp3) is 0. The molecule has 0 fully saturated rings. The number of carbonyl (C=O) groups is 1. The molecule has 0 spiro atoms. The highest BCUT2D eigenvalue weighted by Gasteiger charge is 2.13. The molecule has 2 rings (SSSR count). The van der Waals surface area contributed by atoms with Gasteiger partial charge in [-0.2, -0.15) is 0 Å². The van der Waals surface area contributed by atoms with Gasteiger partial charge in [0.1, 0.15) is 20.2 Å². The Morgan fingerprint density at radius 3 is 2.22 bits per heavy atom. The van der Waals surface area contributed by atoms with Gasteiger partial charge in [0.25, 0.3) is 0 Å². The van der Waals surface area contributed by atoms with E-state index >= 15 is 0 Å². The van der Waals surface area contributed by atoms with E-state index in [9.17, 15) is 30.7 Å². The van der Waals surface area contributed by atoms with Crippen LogP contribution in [0, 0.1) is 0 Å². The Balaban J connectivity index is 2.80. The van der Waals surface area contributed by atoms with Crippen LogP contribution in [-0.4, -0.2) is 31.8 Å². The number of benzene rings is 2. The summed E-state index contributed by atoms with van der Waals surface area (Å²) in [7, 11) is -9.98. The normalized spacial score (nSPS) is 12.1. The van der Waals surface area contributed by atoms with Crippen LogP contribution in [0.5, 0.6) is 0 Å². The molecule has 1 N–H and O–H groups in total. The van der Waals surface area contributed by atoms with Crippen molar-refractivity contribution in [1.82, 2.24) is 0 Å². The monoisotopic (exact) mass is 355 g/mol. The standard InChI is InChI=1S/C13H11NO7S2/c1-2-13(15)14-9-3-4-11-8(5-9)6-10(22(16,17)18)7-12(11)23(19,20)21/h2-7H,1H2,(H,14,15)(H,16,17,18)(H,19,20,21)/p-2. The van der Waals surface area contributed by atoms with Crippen molar-refractivity contribution in [3.8, 4) is 0 Å². The number of hydrogen-bond acceptors (Lipinski definition) is 7. The minimum Gasteiger partial charge on any atom is -0.744 e. The van der Waals surface area contributed by atoms with Gasteiger partial charge in [-0.3, -0.25) is 4.79 Å². The lowest BCUT2D eigenvalue weighted by Crippen LogP contribution is -2.08. The van der Waals surface area contributed by atoms with Crippen LogP contribution in [-0.2, 0) is 25.0 Å². The zero-order valence-corrected chi connectivity index (χ0v) is 13.0. The number of carbonyl (C=O) groups excluding carboxylic acids is 1. The van der Waals surface area contributed by atoms with Crippen LogP contribution in [0.3, 0.4) is 0 Å². The van der Waals surface area contributed by atoms with Gasteiger partial charge >= 0.3 is 0 Å². The fourth-order valence-corrected chi connectivity index (χ4v) is 3.27. The SMILES string of the molecule is C=CC(=O)Nc1ccc2c(S(=O)(=O)[O-])cc(S(=O)(=O)[O-])cc2c1. The van der Waals surface area contributed by atoms with E-state index in [1.807, 2.05) is 0 Å². The van der Waals surface area contributed by atoms with E-state index in [0.717, 1.165) is 12.1 Å². The highest BCUT2D eigenvalue weighted by molar-refractivity contribution is 7.86. The van der Waals surface area contributed by atoms with E-state index in [-0.39, 0.29) is 16.5 Å². The predicted molar refractivity (Wildman–Crippen MR) is 78.7 cm³/mol. The van der Waals surface area contributed by atoms with E-state index in [1.165, 1.54) is 18.2 Å². The number of fused-ring (bicyclic) bond motifs is 1. The molecule has 0 saturated heterocycles. The summed E-state index contributed by atoms with van der Waals surface area (Å²) in [5, 5.41) is 2.32. The van der Waals surface area contributed by atoms with Gasteiger partial charge < -0.3 is 14.4 Å². The highest BCUT2D eigenvalue weighted by atomic mass is 32.2. The number of nitrogens with one attached hydrogen (secondary N) is 1. The molecule has 0 aliphatic heterocycles. The third-order valence-electron chi connectivity index (χ3n) is 2.90. The highest BCUT2D eigenvalue weighted by Crippen LogP contribution is 2.29. The topological polar surface area (TPSA) is 144 Å². The van der Waals surface area contributed by atoms with E-state index in [0.29, 0.717) is 6.07 Å². The Morgan fingerprint density at radius 2 is 1.70 bits per heavy atom. The van der Waals surface area contributed by atoms with Crippen LogP contribution in [0.15, 0.2) is 52.8 Å². The van der Waals surface area contributed by atoms with Gasteiger partial charge in [-0.1, -0.05) is 12.6 Å². The second-order valence-electron chi connectivity index (χ2n) is 4.46. The molecule has 0 heterocycles. The summed E-state index contributed by atoms with van der Waals surface area (Å²) in [5.74, 6) is -0.548. The van der Waals surface area contributed by atoms with Gasteiger partial charge in [0.2, 0.25) is 5.91 Å². The van der Waals surface area contributed by atoms with Crippen molar-refractivity contribution in [3.63, 3.8) is 0 Å². The van der Waals surface area contributed by atoms with Crippen molar-refractivity contribution < 1.29 is 30.7 Å². The van der Waals surface area contributed by atoms with Gasteiger partial charge in [-0.15, -0.1) is 0 Å². The second-order valence-corrected chi connectivity index (χ2v) is 7.19. The lowest BCUT2D eigenvalue weighted by atomic mass is 10.1. The molecule has 122 valence electrons. The summed E-state index contributed by atoms with van der Waals surface area (Å²) in [6.07, 6.45) is 0.996. The molecule has 10 heteroatoms. The quantitative estimate of drug-likeness (QED) is 0.630. The third-order valence-corrected chi connectivity index (χ3v) is 4.59. The molecule has 2 aromatic carbocycles. The summed E-state index contributed by atoms with van der Waals surface area (Å²) in [6, 6.07) is 5.23. The third kappa shape index (κ3) is 3.74. The largest absolute Gasteiger partial charge is 0.744 e. The number of rotatable bonds is 4. The van der Waals surface area contributed by atoms with Crippen LogP contribution in [0.2, 0.25) is 0 Å². The molecule has 0 aliphatic carbocycles. The average molecular weight is 355 g/mol. The van der Waals surface area contributed by atoms with E-state index in [1.54, 1.807) is 0 Å². The molecular weight excluding hydrogens is 346 g/mol. The maximum absolute atomic E-state index is 11.3. The first-order valence-corrected chi connectivity index (χ1v) is 8.77. The number of anilines is 1. The van der Waals surface area contributed by atoms with Crippen molar-refractivity contribution in [2.75, 3.05) is 5.32 Å². The Hall–Kier alpha value is -2.27. The van der Waals surface area contributed by atoms with Crippen LogP contribution >= 0.6 is 0 Å². The van der Waals surface area contributed by atoms with Crippen molar-refractivity contribution in [2.45, 2.75) is 9.79 Å². The fourth-order valence-electron chi connectivity index (χ4n) is 1.93. The molecule has 2 aromatic rings. The molecule has 0 bridgehead atoms. The summed E-state index contributed by atoms with van der Waals surface area (Å²) < 4.78 is 67.3. The molecule has 8 nitrogen and oxygen atoms in total. The Morgan fingerprint density at radius 1 is 1.04 bits per heavy atom. The molecule has 23 heavy (non-hydrogen) atoms. The molecule has 0 unspecified atom stereocenters. The molecule has 0 aliphatic rings. The van der Waals surface area contributed by atoms with Crippen LogP contribution in [0.25, 0.3) is 10.8 Å². The minimum atomic E-state index is -5.01. The Kier molecular flexibility index (Phi) is 4.26. The van der Waals surface area contributed by atoms with Crippen molar-refractivity contribution >= 4 is 42.6 Å². The molecule has 1 amide bonds. The first-order valence-electron chi connectivity index (χ1n) is 5.95. The van der Waals surface area contributed by atoms with E-state index in [2.05, 4.69) is 11.9 Å². The van der Waals surface area contributed by atoms with Crippen LogP contribution < -0.4 is 5.32 Å². The summed E-state index contributed by atoms with van der Waals surface area (Å²) in [6.45, 7) is 3.26. The van der Waals surface area contributed by atoms with Crippen molar-refractivity contribution in [1.29, 1.82) is 0 Å². The van der Waals surface area contributed by atoms with Gasteiger partial charge in [-0.05, 0) is 41.1 Å². The zero-order valence-electron chi connectivity index (χ0n) is 11.3. The van der Waals surface area contributed by atoms with Crippen molar-refractivity contribution in [2.24, 2.45) is 0 Å². The maximum atomic E-state index is 11.3. The average Bonchev–Trinajstić information content (AvgIpc) is 2.43.